The third-order valence-corrected chi connectivity index (χ3v) is 3.76. The number of amides is 1. The number of carboxylic acids is 1. The van der Waals surface area contributed by atoms with Crippen LogP contribution in [0.2, 0.25) is 0 Å². The highest BCUT2D eigenvalue weighted by Crippen LogP contribution is 2.15. The average molecular weight is 385 g/mol. The van der Waals surface area contributed by atoms with Crippen LogP contribution in [-0.2, 0) is 11.2 Å². The maximum absolute atomic E-state index is 13.1. The van der Waals surface area contributed by atoms with Gasteiger partial charge in [0.1, 0.15) is 10.6 Å². The first-order valence-corrected chi connectivity index (χ1v) is 7.26. The minimum absolute atomic E-state index is 0.0147. The number of carboxylic acid groups (broad SMARTS) is 1. The van der Waals surface area contributed by atoms with Crippen molar-refractivity contribution >= 4 is 27.8 Å². The molecule has 1 aromatic heterocycles. The van der Waals surface area contributed by atoms with Crippen molar-refractivity contribution in [3.63, 3.8) is 0 Å². The first-order chi connectivity index (χ1) is 10.9. The van der Waals surface area contributed by atoms with Crippen LogP contribution in [0.5, 0.6) is 0 Å². The monoisotopic (exact) mass is 384 g/mol. The second kappa shape index (κ2) is 7.28. The van der Waals surface area contributed by atoms with E-state index in [2.05, 4.69) is 26.2 Å². The van der Waals surface area contributed by atoms with Crippen molar-refractivity contribution in [1.29, 1.82) is 0 Å². The number of nitrogens with one attached hydrogen (secondary N) is 1. The lowest BCUT2D eigenvalue weighted by molar-refractivity contribution is -0.139. The molecule has 0 fully saturated rings. The van der Waals surface area contributed by atoms with Gasteiger partial charge in [-0.2, -0.15) is 0 Å². The van der Waals surface area contributed by atoms with Crippen LogP contribution in [0.3, 0.4) is 0 Å². The van der Waals surface area contributed by atoms with Gasteiger partial charge >= 0.3 is 5.97 Å². The average Bonchev–Trinajstić information content (AvgIpc) is 2.51. The fraction of sp³-hybridized carbons (Fsp3) is 0.133. The van der Waals surface area contributed by atoms with Crippen LogP contribution in [-0.4, -0.2) is 28.0 Å². The number of halogens is 3. The minimum Gasteiger partial charge on any atom is -0.480 e. The van der Waals surface area contributed by atoms with Crippen molar-refractivity contribution in [2.75, 3.05) is 0 Å². The van der Waals surface area contributed by atoms with E-state index in [0.29, 0.717) is 16.2 Å². The maximum Gasteiger partial charge on any atom is 0.326 e. The summed E-state index contributed by atoms with van der Waals surface area (Å²) in [6, 6.07) is 4.65. The zero-order valence-corrected chi connectivity index (χ0v) is 13.2. The van der Waals surface area contributed by atoms with E-state index < -0.39 is 29.6 Å². The third kappa shape index (κ3) is 4.32. The van der Waals surface area contributed by atoms with Crippen LogP contribution >= 0.6 is 15.9 Å². The van der Waals surface area contributed by atoms with E-state index in [1.807, 2.05) is 0 Å². The van der Waals surface area contributed by atoms with Crippen molar-refractivity contribution in [1.82, 2.24) is 10.3 Å². The molecule has 0 spiro atoms. The van der Waals surface area contributed by atoms with Crippen molar-refractivity contribution < 1.29 is 23.5 Å². The van der Waals surface area contributed by atoms with Crippen LogP contribution in [0.4, 0.5) is 8.78 Å². The molecule has 5 nitrogen and oxygen atoms in total. The van der Waals surface area contributed by atoms with Gasteiger partial charge in [-0.15, -0.1) is 0 Å². The highest BCUT2D eigenvalue weighted by molar-refractivity contribution is 9.10. The van der Waals surface area contributed by atoms with Crippen LogP contribution in [0.1, 0.15) is 15.9 Å². The van der Waals surface area contributed by atoms with Crippen LogP contribution < -0.4 is 5.32 Å². The number of hydrogen-bond acceptors (Lipinski definition) is 3. The second-order valence-electron chi connectivity index (χ2n) is 4.65. The third-order valence-electron chi connectivity index (χ3n) is 3.05. The molecule has 2 rings (SSSR count). The molecule has 8 heteroatoms. The molecular formula is C15H11BrF2N2O3. The predicted octanol–water partition coefficient (Wildman–Crippen LogP) is 2.55. The Kier molecular flexibility index (Phi) is 5.38. The predicted molar refractivity (Wildman–Crippen MR) is 80.9 cm³/mol. The molecular weight excluding hydrogens is 374 g/mol. The van der Waals surface area contributed by atoms with Gasteiger partial charge in [-0.05, 0) is 45.8 Å². The topological polar surface area (TPSA) is 79.3 Å². The fourth-order valence-electron chi connectivity index (χ4n) is 1.87. The van der Waals surface area contributed by atoms with E-state index in [0.717, 1.165) is 12.1 Å². The summed E-state index contributed by atoms with van der Waals surface area (Å²) in [5, 5.41) is 11.5. The lowest BCUT2D eigenvalue weighted by Gasteiger charge is -2.15. The number of aromatic nitrogens is 1. The second-order valence-corrected chi connectivity index (χ2v) is 5.40. The van der Waals surface area contributed by atoms with Gasteiger partial charge in [-0.25, -0.2) is 18.6 Å². The molecule has 0 aliphatic carbocycles. The number of carbonyl (C=O) groups is 2. The summed E-state index contributed by atoms with van der Waals surface area (Å²) in [6.07, 6.45) is 1.52. The molecule has 0 aliphatic rings. The Balaban J connectivity index is 2.16. The SMILES string of the molecule is O=C(N[C@@H](Cc1cccnc1Br)C(=O)O)c1ccc(F)c(F)c1. The highest BCUT2D eigenvalue weighted by atomic mass is 79.9. The van der Waals surface area contributed by atoms with E-state index in [1.54, 1.807) is 12.1 Å². The largest absolute Gasteiger partial charge is 0.480 e. The Bertz CT molecular complexity index is 755. The number of aliphatic carboxylic acids is 1. The fourth-order valence-corrected chi connectivity index (χ4v) is 2.28. The zero-order chi connectivity index (χ0) is 17.0. The molecule has 0 aliphatic heterocycles. The Labute approximate surface area is 138 Å². The molecule has 1 heterocycles. The van der Waals surface area contributed by atoms with Crippen molar-refractivity contribution in [3.05, 3.63) is 63.9 Å². The Morgan fingerprint density at radius 2 is 2.00 bits per heavy atom. The van der Waals surface area contributed by atoms with E-state index in [9.17, 15) is 23.5 Å². The van der Waals surface area contributed by atoms with Crippen molar-refractivity contribution in [2.24, 2.45) is 0 Å². The first kappa shape index (κ1) is 17.0. The summed E-state index contributed by atoms with van der Waals surface area (Å²) < 4.78 is 26.5. The van der Waals surface area contributed by atoms with Gasteiger partial charge in [0.15, 0.2) is 11.6 Å². The van der Waals surface area contributed by atoms with Gasteiger partial charge < -0.3 is 10.4 Å². The Hall–Kier alpha value is -2.35. The molecule has 0 radical (unpaired) electrons. The van der Waals surface area contributed by atoms with Gasteiger partial charge in [0, 0.05) is 18.2 Å². The van der Waals surface area contributed by atoms with Crippen LogP contribution in [0.15, 0.2) is 41.1 Å². The summed E-state index contributed by atoms with van der Waals surface area (Å²) >= 11 is 3.19. The Morgan fingerprint density at radius 1 is 1.26 bits per heavy atom. The van der Waals surface area contributed by atoms with Gasteiger partial charge in [-0.1, -0.05) is 6.07 Å². The number of carbonyl (C=O) groups excluding carboxylic acids is 1. The summed E-state index contributed by atoms with van der Waals surface area (Å²) in [7, 11) is 0. The first-order valence-electron chi connectivity index (χ1n) is 6.46. The molecule has 1 aromatic carbocycles. The van der Waals surface area contributed by atoms with Gasteiger partial charge in [0.25, 0.3) is 5.91 Å². The lowest BCUT2D eigenvalue weighted by atomic mass is 10.1. The van der Waals surface area contributed by atoms with E-state index in [1.165, 1.54) is 6.20 Å². The number of benzene rings is 1. The quantitative estimate of drug-likeness (QED) is 0.776. The molecule has 0 saturated carbocycles. The van der Waals surface area contributed by atoms with Gasteiger partial charge in [-0.3, -0.25) is 4.79 Å². The maximum atomic E-state index is 13.1. The van der Waals surface area contributed by atoms with Crippen LogP contribution in [0, 0.1) is 11.6 Å². The number of rotatable bonds is 5. The highest BCUT2D eigenvalue weighted by Gasteiger charge is 2.22. The van der Waals surface area contributed by atoms with Crippen molar-refractivity contribution in [2.45, 2.75) is 12.5 Å². The summed E-state index contributed by atoms with van der Waals surface area (Å²) in [5.74, 6) is -4.33. The molecule has 2 N–H and O–H groups in total. The summed E-state index contributed by atoms with van der Waals surface area (Å²) in [4.78, 5) is 27.3. The summed E-state index contributed by atoms with van der Waals surface area (Å²) in [6.45, 7) is 0. The molecule has 0 saturated heterocycles. The van der Waals surface area contributed by atoms with E-state index in [4.69, 9.17) is 0 Å². The van der Waals surface area contributed by atoms with E-state index >= 15 is 0 Å². The lowest BCUT2D eigenvalue weighted by Crippen LogP contribution is -2.42. The number of pyridine rings is 1. The molecule has 0 bridgehead atoms. The molecule has 1 atom stereocenters. The van der Waals surface area contributed by atoms with Gasteiger partial charge in [0.05, 0.1) is 0 Å². The molecule has 1 amide bonds. The normalized spacial score (nSPS) is 11.8. The molecule has 0 unspecified atom stereocenters. The summed E-state index contributed by atoms with van der Waals surface area (Å²) in [5.41, 5.74) is 0.422. The van der Waals surface area contributed by atoms with Gasteiger partial charge in [0.2, 0.25) is 0 Å². The number of nitrogens with zero attached hydrogens (tertiary/aromatic N) is 1. The molecule has 120 valence electrons. The Morgan fingerprint density at radius 3 is 2.61 bits per heavy atom. The van der Waals surface area contributed by atoms with E-state index in [-0.39, 0.29) is 12.0 Å². The standard InChI is InChI=1S/C15H11BrF2N2O3/c16-13-8(2-1-5-19-13)7-12(15(22)23)20-14(21)9-3-4-10(17)11(18)6-9/h1-6,12H,7H2,(H,20,21)(H,22,23)/t12-/m0/s1. The van der Waals surface area contributed by atoms with Crippen molar-refractivity contribution in [3.8, 4) is 0 Å². The molecule has 23 heavy (non-hydrogen) atoms. The number of hydrogen-bond donors (Lipinski definition) is 2. The van der Waals surface area contributed by atoms with Crippen LogP contribution in [0.25, 0.3) is 0 Å². The minimum atomic E-state index is -1.25. The molecule has 2 aromatic rings. The zero-order valence-electron chi connectivity index (χ0n) is 11.6. The smallest absolute Gasteiger partial charge is 0.326 e.